The Labute approximate surface area is 382 Å². The molecule has 4 aromatic rings. The van der Waals surface area contributed by atoms with Gasteiger partial charge in [-0.1, -0.05) is 88.9 Å². The molecule has 0 bridgehead atoms. The number of benzene rings is 4. The number of carboxylic acids is 1. The number of fused-ring (bicyclic) bond motifs is 6. The number of rotatable bonds is 18. The number of allylic oxidation sites excluding steroid dienone is 3. The van der Waals surface area contributed by atoms with E-state index >= 15 is 0 Å². The first-order valence-corrected chi connectivity index (χ1v) is 22.7. The molecule has 0 fully saturated rings. The van der Waals surface area contributed by atoms with Crippen molar-refractivity contribution in [1.29, 1.82) is 0 Å². The number of hydrogen-bond donors (Lipinski definition) is 5. The van der Waals surface area contributed by atoms with Crippen molar-refractivity contribution in [1.82, 2.24) is 21.3 Å². The average molecular weight is 882 g/mol. The van der Waals surface area contributed by atoms with Crippen LogP contribution in [0.5, 0.6) is 0 Å². The van der Waals surface area contributed by atoms with Gasteiger partial charge in [0.15, 0.2) is 12.3 Å². The van der Waals surface area contributed by atoms with Crippen LogP contribution in [-0.4, -0.2) is 82.8 Å². The highest BCUT2D eigenvalue weighted by Crippen LogP contribution is 2.51. The van der Waals surface area contributed by atoms with E-state index in [1.54, 1.807) is 6.92 Å². The third kappa shape index (κ3) is 10.1. The smallest absolute Gasteiger partial charge is 0.325 e. The van der Waals surface area contributed by atoms with Gasteiger partial charge in [-0.25, -0.2) is 0 Å². The summed E-state index contributed by atoms with van der Waals surface area (Å²) in [7, 11) is 0. The maximum atomic E-state index is 13.5. The Morgan fingerprint density at radius 3 is 2.03 bits per heavy atom. The van der Waals surface area contributed by atoms with Crippen molar-refractivity contribution in [3.05, 3.63) is 114 Å². The summed E-state index contributed by atoms with van der Waals surface area (Å²) in [4.78, 5) is 67.5. The van der Waals surface area contributed by atoms with Gasteiger partial charge in [0.2, 0.25) is 29.3 Å². The van der Waals surface area contributed by atoms with Crippen molar-refractivity contribution in [3.8, 4) is 0 Å². The SMILES string of the molecule is C=C=C(C)/C=C1/N(CCC(=O)NCCCC(NC(=O)[C@H](C)NC(=O)CC[N+]2=C(C(C)C)C(C)(C)c3c2ccc2ccccc32)C(=O)N[C@@H](C)C(=O)O)c2ccc3ccccc3c2C1(C)C. The fraction of sp³-hybridized carbons (Fsp3) is 0.415. The van der Waals surface area contributed by atoms with Gasteiger partial charge in [-0.3, -0.25) is 24.0 Å². The molecule has 2 aliphatic rings. The van der Waals surface area contributed by atoms with Gasteiger partial charge in [-0.05, 0) is 98.4 Å². The minimum atomic E-state index is -1.22. The summed E-state index contributed by atoms with van der Waals surface area (Å²) in [5.74, 6) is -2.78. The van der Waals surface area contributed by atoms with E-state index in [2.05, 4.69) is 139 Å². The lowest BCUT2D eigenvalue weighted by atomic mass is 9.76. The van der Waals surface area contributed by atoms with Crippen molar-refractivity contribution in [2.75, 3.05) is 24.5 Å². The van der Waals surface area contributed by atoms with E-state index in [0.29, 0.717) is 19.5 Å². The van der Waals surface area contributed by atoms with E-state index in [-0.39, 0.29) is 54.4 Å². The van der Waals surface area contributed by atoms with Crippen LogP contribution in [0, 0.1) is 5.92 Å². The number of aliphatic carboxylic acids is 1. The number of amides is 4. The largest absolute Gasteiger partial charge is 0.480 e. The third-order valence-corrected chi connectivity index (χ3v) is 12.9. The van der Waals surface area contributed by atoms with E-state index in [1.165, 1.54) is 29.1 Å². The highest BCUT2D eigenvalue weighted by Gasteiger charge is 2.48. The standard InChI is InChI=1S/C53H64N6O6/c1-11-33(4)31-43-52(7,8)46-38-19-14-12-17-36(38)22-24-41(46)58(43)29-26-44(60)54-28-16-21-40(50(63)56-35(6)51(64)65)57-49(62)34(5)55-45(61)27-30-59-42-25-23-37-18-13-15-20-39(37)47(42)53(9,10)48(59)32(2)3/h12-15,17-20,22-25,31-32,34-35,40H,1,16,21,26-30H2,2-10H3,(H4-,54,55,56,57,60,61,62,63,64,65)/p+1/b43-31+/t34-,35-,40?/m0/s1. The molecule has 2 heterocycles. The zero-order chi connectivity index (χ0) is 47.4. The molecule has 65 heavy (non-hydrogen) atoms. The monoisotopic (exact) mass is 881 g/mol. The highest BCUT2D eigenvalue weighted by atomic mass is 16.4. The molecule has 4 aromatic carbocycles. The normalized spacial score (nSPS) is 16.7. The van der Waals surface area contributed by atoms with Crippen LogP contribution in [0.2, 0.25) is 0 Å². The van der Waals surface area contributed by atoms with E-state index in [0.717, 1.165) is 38.8 Å². The van der Waals surface area contributed by atoms with E-state index in [9.17, 15) is 29.1 Å². The topological polar surface area (TPSA) is 160 Å². The van der Waals surface area contributed by atoms with Gasteiger partial charge < -0.3 is 31.3 Å². The molecule has 0 spiro atoms. The molecule has 5 N–H and O–H groups in total. The molecular formula is C53H65N6O6+. The Morgan fingerprint density at radius 1 is 0.769 bits per heavy atom. The Hall–Kier alpha value is -6.52. The highest BCUT2D eigenvalue weighted by molar-refractivity contribution is 6.03. The molecule has 0 saturated carbocycles. The second-order valence-corrected chi connectivity index (χ2v) is 18.8. The lowest BCUT2D eigenvalue weighted by Gasteiger charge is -2.27. The van der Waals surface area contributed by atoms with Crippen LogP contribution >= 0.6 is 0 Å². The summed E-state index contributed by atoms with van der Waals surface area (Å²) in [6.07, 6.45) is 2.81. The van der Waals surface area contributed by atoms with Crippen LogP contribution in [0.4, 0.5) is 11.4 Å². The second-order valence-electron chi connectivity index (χ2n) is 18.8. The van der Waals surface area contributed by atoms with Crippen LogP contribution in [0.25, 0.3) is 21.5 Å². The van der Waals surface area contributed by atoms with Crippen molar-refractivity contribution >= 4 is 68.2 Å². The molecule has 0 aliphatic carbocycles. The Morgan fingerprint density at radius 2 is 1.40 bits per heavy atom. The summed E-state index contributed by atoms with van der Waals surface area (Å²) in [5.41, 5.74) is 10.1. The molecular weight excluding hydrogens is 817 g/mol. The zero-order valence-corrected chi connectivity index (χ0v) is 39.4. The number of anilines is 1. The van der Waals surface area contributed by atoms with Crippen molar-refractivity contribution in [3.63, 3.8) is 0 Å². The van der Waals surface area contributed by atoms with Gasteiger partial charge in [0.25, 0.3) is 0 Å². The number of nitrogens with one attached hydrogen (secondary N) is 4. The van der Waals surface area contributed by atoms with Crippen LogP contribution < -0.4 is 26.2 Å². The number of hydrogen-bond acceptors (Lipinski definition) is 6. The molecule has 0 saturated heterocycles. The summed E-state index contributed by atoms with van der Waals surface area (Å²) < 4.78 is 2.24. The quantitative estimate of drug-likeness (QED) is 0.0389. The molecule has 0 radical (unpaired) electrons. The zero-order valence-electron chi connectivity index (χ0n) is 39.4. The number of carboxylic acid groups (broad SMARTS) is 1. The molecule has 6 rings (SSSR count). The molecule has 3 atom stereocenters. The molecule has 1 unspecified atom stereocenters. The minimum absolute atomic E-state index is 0.109. The van der Waals surface area contributed by atoms with Crippen molar-refractivity contribution in [2.24, 2.45) is 5.92 Å². The summed E-state index contributed by atoms with van der Waals surface area (Å²) in [6, 6.07) is 21.8. The molecule has 12 heteroatoms. The fourth-order valence-corrected chi connectivity index (χ4v) is 9.87. The number of carbonyl (C=O) groups is 5. The number of nitrogens with zero attached hydrogens (tertiary/aromatic N) is 2. The van der Waals surface area contributed by atoms with E-state index in [4.69, 9.17) is 0 Å². The first-order valence-electron chi connectivity index (χ1n) is 22.7. The van der Waals surface area contributed by atoms with Gasteiger partial charge in [0.05, 0.1) is 11.8 Å². The average Bonchev–Trinajstić information content (AvgIpc) is 3.64. The molecule has 2 aliphatic heterocycles. The van der Waals surface area contributed by atoms with Crippen molar-refractivity contribution in [2.45, 2.75) is 117 Å². The summed E-state index contributed by atoms with van der Waals surface area (Å²) in [6.45, 7) is 22.9. The number of carbonyl (C=O) groups excluding carboxylic acids is 4. The van der Waals surface area contributed by atoms with Gasteiger partial charge in [0.1, 0.15) is 18.1 Å². The predicted octanol–water partition coefficient (Wildman–Crippen LogP) is 7.69. The lowest BCUT2D eigenvalue weighted by Crippen LogP contribution is -2.54. The van der Waals surface area contributed by atoms with Crippen LogP contribution in [0.3, 0.4) is 0 Å². The van der Waals surface area contributed by atoms with Gasteiger partial charge in [-0.15, -0.1) is 5.73 Å². The maximum Gasteiger partial charge on any atom is 0.325 e. The van der Waals surface area contributed by atoms with E-state index in [1.807, 2.05) is 31.2 Å². The third-order valence-electron chi connectivity index (χ3n) is 12.9. The molecule has 4 amide bonds. The summed E-state index contributed by atoms with van der Waals surface area (Å²) >= 11 is 0. The predicted molar refractivity (Wildman–Crippen MR) is 259 cm³/mol. The van der Waals surface area contributed by atoms with Crippen LogP contribution in [-0.2, 0) is 34.8 Å². The van der Waals surface area contributed by atoms with Crippen LogP contribution in [0.1, 0.15) is 99.1 Å². The molecule has 0 aromatic heterocycles. The maximum absolute atomic E-state index is 13.5. The molecule has 342 valence electrons. The Balaban J connectivity index is 1.06. The summed E-state index contributed by atoms with van der Waals surface area (Å²) in [5, 5.41) is 25.1. The second kappa shape index (κ2) is 19.7. The first-order chi connectivity index (χ1) is 30.8. The van der Waals surface area contributed by atoms with Gasteiger partial charge in [-0.2, -0.15) is 4.58 Å². The minimum Gasteiger partial charge on any atom is -0.480 e. The molecule has 12 nitrogen and oxygen atoms in total. The van der Waals surface area contributed by atoms with Gasteiger partial charge >= 0.3 is 5.97 Å². The van der Waals surface area contributed by atoms with Crippen molar-refractivity contribution < 1.29 is 33.7 Å². The fourth-order valence-electron chi connectivity index (χ4n) is 9.87. The van der Waals surface area contributed by atoms with Gasteiger partial charge in [0, 0.05) is 53.9 Å². The first kappa shape index (κ1) is 47.9. The Kier molecular flexibility index (Phi) is 14.5. The Bertz CT molecular complexity index is 2650. The van der Waals surface area contributed by atoms with E-state index < -0.39 is 35.9 Å². The van der Waals surface area contributed by atoms with Crippen LogP contribution in [0.15, 0.2) is 102 Å². The lowest BCUT2D eigenvalue weighted by molar-refractivity contribution is -0.439.